The van der Waals surface area contributed by atoms with Crippen molar-refractivity contribution >= 4 is 5.97 Å². The van der Waals surface area contributed by atoms with Gasteiger partial charge in [0.1, 0.15) is 11.5 Å². The van der Waals surface area contributed by atoms with Crippen LogP contribution >= 0.6 is 0 Å². The lowest BCUT2D eigenvalue weighted by molar-refractivity contribution is -0.143. The summed E-state index contributed by atoms with van der Waals surface area (Å²) in [5.74, 6) is -0.189. The molecule has 1 N–H and O–H groups in total. The van der Waals surface area contributed by atoms with Gasteiger partial charge in [0.25, 0.3) is 0 Å². The number of hydrogen-bond donors (Lipinski definition) is 1. The van der Waals surface area contributed by atoms with Crippen LogP contribution in [0.4, 0.5) is 13.2 Å². The predicted octanol–water partition coefficient (Wildman–Crippen LogP) is 6.38. The molecule has 4 rings (SSSR count). The van der Waals surface area contributed by atoms with Gasteiger partial charge < -0.3 is 9.84 Å². The molecule has 0 aliphatic carbocycles. The molecule has 7 heteroatoms. The van der Waals surface area contributed by atoms with Gasteiger partial charge in [-0.3, -0.25) is 9.69 Å². The molecule has 1 aliphatic heterocycles. The number of para-hydroxylation sites is 1. The minimum Gasteiger partial charge on any atom is -0.481 e. The molecule has 172 valence electrons. The Balaban J connectivity index is 1.73. The molecule has 4 nitrogen and oxygen atoms in total. The van der Waals surface area contributed by atoms with E-state index in [1.165, 1.54) is 12.1 Å². The third-order valence-electron chi connectivity index (χ3n) is 5.96. The van der Waals surface area contributed by atoms with Crippen LogP contribution in [0.5, 0.6) is 11.5 Å². The van der Waals surface area contributed by atoms with Gasteiger partial charge in [0.05, 0.1) is 17.5 Å². The number of carbonyl (C=O) groups is 1. The highest BCUT2D eigenvalue weighted by atomic mass is 19.4. The number of halogens is 3. The summed E-state index contributed by atoms with van der Waals surface area (Å²) in [6.45, 7) is 0.773. The minimum atomic E-state index is -4.51. The summed E-state index contributed by atoms with van der Waals surface area (Å²) >= 11 is 0. The SMILES string of the molecule is O=C(O)C1CCN(C(c2cccc(Oc3ccccc3)c2)c2ccccc2C(F)(F)F)CC1. The highest BCUT2D eigenvalue weighted by Crippen LogP contribution is 2.41. The molecule has 33 heavy (non-hydrogen) atoms. The second kappa shape index (κ2) is 9.67. The van der Waals surface area contributed by atoms with Crippen molar-refractivity contribution in [3.8, 4) is 11.5 Å². The van der Waals surface area contributed by atoms with E-state index < -0.39 is 29.7 Å². The first-order chi connectivity index (χ1) is 15.8. The van der Waals surface area contributed by atoms with Crippen LogP contribution in [-0.4, -0.2) is 29.1 Å². The van der Waals surface area contributed by atoms with Gasteiger partial charge in [0.15, 0.2) is 0 Å². The van der Waals surface area contributed by atoms with E-state index in [1.54, 1.807) is 42.5 Å². The van der Waals surface area contributed by atoms with E-state index in [0.717, 1.165) is 6.07 Å². The van der Waals surface area contributed by atoms with E-state index in [1.807, 2.05) is 23.1 Å². The monoisotopic (exact) mass is 455 g/mol. The number of alkyl halides is 3. The molecule has 0 spiro atoms. The summed E-state index contributed by atoms with van der Waals surface area (Å²) in [4.78, 5) is 13.3. The third-order valence-corrected chi connectivity index (χ3v) is 5.96. The maximum atomic E-state index is 13.9. The lowest BCUT2D eigenvalue weighted by Gasteiger charge is -2.38. The number of carboxylic acids is 1. The second-order valence-corrected chi connectivity index (χ2v) is 8.12. The van der Waals surface area contributed by atoms with Crippen LogP contribution in [0.3, 0.4) is 0 Å². The number of rotatable bonds is 6. The Labute approximate surface area is 190 Å². The van der Waals surface area contributed by atoms with Gasteiger partial charge in [-0.25, -0.2) is 0 Å². The summed E-state index contributed by atoms with van der Waals surface area (Å²) in [6.07, 6.45) is -3.73. The quantitative estimate of drug-likeness (QED) is 0.468. The molecule has 1 atom stereocenters. The number of hydrogen-bond acceptors (Lipinski definition) is 3. The molecule has 1 unspecified atom stereocenters. The Morgan fingerprint density at radius 2 is 1.55 bits per heavy atom. The Bertz CT molecular complexity index is 1090. The van der Waals surface area contributed by atoms with E-state index in [-0.39, 0.29) is 5.56 Å². The highest BCUT2D eigenvalue weighted by Gasteiger charge is 2.38. The molecule has 1 heterocycles. The predicted molar refractivity (Wildman–Crippen MR) is 118 cm³/mol. The van der Waals surface area contributed by atoms with Crippen molar-refractivity contribution in [3.63, 3.8) is 0 Å². The smallest absolute Gasteiger partial charge is 0.416 e. The lowest BCUT2D eigenvalue weighted by Crippen LogP contribution is -2.39. The Morgan fingerprint density at radius 3 is 2.21 bits per heavy atom. The van der Waals surface area contributed by atoms with Gasteiger partial charge in [-0.05, 0) is 67.4 Å². The number of aliphatic carboxylic acids is 1. The molecule has 1 saturated heterocycles. The van der Waals surface area contributed by atoms with Gasteiger partial charge >= 0.3 is 12.1 Å². The number of piperidine rings is 1. The van der Waals surface area contributed by atoms with Crippen molar-refractivity contribution in [3.05, 3.63) is 95.6 Å². The largest absolute Gasteiger partial charge is 0.481 e. The highest BCUT2D eigenvalue weighted by molar-refractivity contribution is 5.70. The van der Waals surface area contributed by atoms with Crippen LogP contribution in [0.2, 0.25) is 0 Å². The van der Waals surface area contributed by atoms with Crippen molar-refractivity contribution in [1.29, 1.82) is 0 Å². The normalized spacial score (nSPS) is 16.3. The van der Waals surface area contributed by atoms with Crippen LogP contribution in [0, 0.1) is 5.92 Å². The molecular formula is C26H24F3NO3. The van der Waals surface area contributed by atoms with Gasteiger partial charge in [0.2, 0.25) is 0 Å². The van der Waals surface area contributed by atoms with E-state index in [0.29, 0.717) is 43.0 Å². The van der Waals surface area contributed by atoms with Gasteiger partial charge in [-0.15, -0.1) is 0 Å². The minimum absolute atomic E-state index is 0.149. The molecule has 1 aliphatic rings. The molecule has 3 aromatic rings. The van der Waals surface area contributed by atoms with Crippen LogP contribution in [0.1, 0.15) is 35.6 Å². The second-order valence-electron chi connectivity index (χ2n) is 8.12. The zero-order chi connectivity index (χ0) is 23.4. The first kappa shape index (κ1) is 22.9. The van der Waals surface area contributed by atoms with Crippen LogP contribution in [0.25, 0.3) is 0 Å². The standard InChI is InChI=1S/C26H24F3NO3/c27-26(28,29)23-12-5-4-11-22(23)24(30-15-13-18(14-16-30)25(31)32)19-7-6-10-21(17-19)33-20-8-2-1-3-9-20/h1-12,17-18,24H,13-16H2,(H,31,32). The molecule has 0 amide bonds. The maximum Gasteiger partial charge on any atom is 0.416 e. The molecule has 0 radical (unpaired) electrons. The lowest BCUT2D eigenvalue weighted by atomic mass is 9.89. The Morgan fingerprint density at radius 1 is 0.909 bits per heavy atom. The maximum absolute atomic E-state index is 13.9. The Hall–Kier alpha value is -3.32. The zero-order valence-electron chi connectivity index (χ0n) is 17.8. The first-order valence-electron chi connectivity index (χ1n) is 10.8. The van der Waals surface area contributed by atoms with Gasteiger partial charge in [-0.2, -0.15) is 13.2 Å². The molecule has 0 bridgehead atoms. The van der Waals surface area contributed by atoms with E-state index in [9.17, 15) is 23.1 Å². The molecule has 0 aromatic heterocycles. The topological polar surface area (TPSA) is 49.8 Å². The van der Waals surface area contributed by atoms with Gasteiger partial charge in [0, 0.05) is 0 Å². The van der Waals surface area contributed by atoms with E-state index in [4.69, 9.17) is 4.74 Å². The van der Waals surface area contributed by atoms with Crippen molar-refractivity contribution < 1.29 is 27.8 Å². The third kappa shape index (κ3) is 5.37. The summed E-state index contributed by atoms with van der Waals surface area (Å²) in [5.41, 5.74) is 0.120. The fourth-order valence-electron chi connectivity index (χ4n) is 4.36. The van der Waals surface area contributed by atoms with Crippen molar-refractivity contribution in [2.45, 2.75) is 25.1 Å². The van der Waals surface area contributed by atoms with Crippen molar-refractivity contribution in [2.24, 2.45) is 5.92 Å². The van der Waals surface area contributed by atoms with Crippen molar-refractivity contribution in [1.82, 2.24) is 4.90 Å². The summed E-state index contributed by atoms with van der Waals surface area (Å²) in [7, 11) is 0. The molecule has 0 saturated carbocycles. The average molecular weight is 455 g/mol. The number of likely N-dealkylation sites (tertiary alicyclic amines) is 1. The van der Waals surface area contributed by atoms with Crippen LogP contribution < -0.4 is 4.74 Å². The average Bonchev–Trinajstić information content (AvgIpc) is 2.80. The fourth-order valence-corrected chi connectivity index (χ4v) is 4.36. The summed E-state index contributed by atoms with van der Waals surface area (Å²) < 4.78 is 47.6. The fraction of sp³-hybridized carbons (Fsp3) is 0.269. The number of nitrogens with zero attached hydrogens (tertiary/aromatic N) is 1. The Kier molecular flexibility index (Phi) is 6.70. The van der Waals surface area contributed by atoms with E-state index in [2.05, 4.69) is 0 Å². The number of benzene rings is 3. The zero-order valence-corrected chi connectivity index (χ0v) is 17.8. The van der Waals surface area contributed by atoms with E-state index >= 15 is 0 Å². The molecular weight excluding hydrogens is 431 g/mol. The first-order valence-corrected chi connectivity index (χ1v) is 10.8. The van der Waals surface area contributed by atoms with Crippen LogP contribution in [0.15, 0.2) is 78.9 Å². The summed E-state index contributed by atoms with van der Waals surface area (Å²) in [6, 6.07) is 21.1. The molecule has 1 fully saturated rings. The summed E-state index contributed by atoms with van der Waals surface area (Å²) in [5, 5.41) is 9.34. The molecule has 3 aromatic carbocycles. The van der Waals surface area contributed by atoms with Crippen molar-refractivity contribution in [2.75, 3.05) is 13.1 Å². The number of ether oxygens (including phenoxy) is 1. The number of carboxylic acid groups (broad SMARTS) is 1. The van der Waals surface area contributed by atoms with Gasteiger partial charge in [-0.1, -0.05) is 48.5 Å². The van der Waals surface area contributed by atoms with Crippen LogP contribution in [-0.2, 0) is 11.0 Å².